The predicted octanol–water partition coefficient (Wildman–Crippen LogP) is 1.54. The van der Waals surface area contributed by atoms with Crippen molar-refractivity contribution in [3.63, 3.8) is 0 Å². The molecule has 0 fully saturated rings. The molecule has 1 amide bonds. The lowest BCUT2D eigenvalue weighted by Gasteiger charge is -2.24. The van der Waals surface area contributed by atoms with Crippen molar-refractivity contribution in [1.82, 2.24) is 9.80 Å². The van der Waals surface area contributed by atoms with Crippen LogP contribution in [0.1, 0.15) is 27.2 Å². The number of nitrogens with zero attached hydrogens (tertiary/aromatic N) is 2. The van der Waals surface area contributed by atoms with Crippen LogP contribution in [0.4, 0.5) is 0 Å². The molecule has 0 aliphatic rings. The van der Waals surface area contributed by atoms with E-state index in [4.69, 9.17) is 4.74 Å². The molecule has 20 heavy (non-hydrogen) atoms. The number of hydrogen-bond donors (Lipinski definition) is 0. The molecule has 0 aromatic rings. The van der Waals surface area contributed by atoms with Crippen LogP contribution in [0.5, 0.6) is 0 Å². The van der Waals surface area contributed by atoms with Gasteiger partial charge in [-0.05, 0) is 40.9 Å². The highest BCUT2D eigenvalue weighted by atomic mass is 16.5. The third kappa shape index (κ3) is 7.94. The molecular formula is C15H28N2O3. The average Bonchev–Trinajstić information content (AvgIpc) is 2.34. The molecule has 1 unspecified atom stereocenters. The van der Waals surface area contributed by atoms with Crippen LogP contribution in [0.2, 0.25) is 0 Å². The Morgan fingerprint density at radius 3 is 2.25 bits per heavy atom. The fourth-order valence-corrected chi connectivity index (χ4v) is 1.81. The van der Waals surface area contributed by atoms with Gasteiger partial charge in [-0.15, -0.1) is 0 Å². The summed E-state index contributed by atoms with van der Waals surface area (Å²) in [5.74, 6) is -0.638. The van der Waals surface area contributed by atoms with Gasteiger partial charge < -0.3 is 14.5 Å². The van der Waals surface area contributed by atoms with Gasteiger partial charge in [-0.1, -0.05) is 12.5 Å². The second-order valence-corrected chi connectivity index (χ2v) is 5.59. The lowest BCUT2D eigenvalue weighted by Crippen LogP contribution is -2.38. The molecule has 1 atom stereocenters. The van der Waals surface area contributed by atoms with Crippen LogP contribution in [0.15, 0.2) is 11.6 Å². The first-order chi connectivity index (χ1) is 9.27. The van der Waals surface area contributed by atoms with Crippen LogP contribution >= 0.6 is 0 Å². The van der Waals surface area contributed by atoms with Gasteiger partial charge in [0.25, 0.3) is 0 Å². The minimum absolute atomic E-state index is 0.0421. The normalized spacial score (nSPS) is 11.9. The molecule has 0 heterocycles. The zero-order chi connectivity index (χ0) is 15.7. The Kier molecular flexibility index (Phi) is 8.88. The highest BCUT2D eigenvalue weighted by molar-refractivity contribution is 5.88. The maximum atomic E-state index is 12.2. The lowest BCUT2D eigenvalue weighted by molar-refractivity contribution is -0.146. The Labute approximate surface area is 122 Å². The smallest absolute Gasteiger partial charge is 0.310 e. The first-order valence-electron chi connectivity index (χ1n) is 6.94. The molecule has 0 radical (unpaired) electrons. The fraction of sp³-hybridized carbons (Fsp3) is 0.733. The quantitative estimate of drug-likeness (QED) is 0.501. The van der Waals surface area contributed by atoms with Crippen LogP contribution in [-0.4, -0.2) is 62.5 Å². The number of amides is 1. The standard InChI is InChI=1S/C15H28N2O3/c1-12(2)10-14(18)17(9-7-8-16(4)5)11-13(3)15(19)20-6/h10,13H,7-9,11H2,1-6H3. The summed E-state index contributed by atoms with van der Waals surface area (Å²) in [6, 6.07) is 0. The van der Waals surface area contributed by atoms with E-state index >= 15 is 0 Å². The fourth-order valence-electron chi connectivity index (χ4n) is 1.81. The molecule has 0 aromatic heterocycles. The first kappa shape index (κ1) is 18.6. The third-order valence-corrected chi connectivity index (χ3v) is 2.85. The topological polar surface area (TPSA) is 49.9 Å². The third-order valence-electron chi connectivity index (χ3n) is 2.85. The SMILES string of the molecule is COC(=O)C(C)CN(CCCN(C)C)C(=O)C=C(C)C. The second kappa shape index (κ2) is 9.53. The van der Waals surface area contributed by atoms with Crippen LogP contribution in [0.25, 0.3) is 0 Å². The van der Waals surface area contributed by atoms with Gasteiger partial charge >= 0.3 is 5.97 Å². The van der Waals surface area contributed by atoms with Crippen molar-refractivity contribution in [1.29, 1.82) is 0 Å². The van der Waals surface area contributed by atoms with E-state index in [1.807, 2.05) is 27.9 Å². The number of rotatable bonds is 8. The molecule has 0 N–H and O–H groups in total. The maximum absolute atomic E-state index is 12.2. The zero-order valence-electron chi connectivity index (χ0n) is 13.6. The van der Waals surface area contributed by atoms with Crippen LogP contribution < -0.4 is 0 Å². The van der Waals surface area contributed by atoms with Crippen molar-refractivity contribution in [3.8, 4) is 0 Å². The monoisotopic (exact) mass is 284 g/mol. The van der Waals surface area contributed by atoms with Crippen molar-refractivity contribution in [3.05, 3.63) is 11.6 Å². The first-order valence-corrected chi connectivity index (χ1v) is 6.94. The zero-order valence-corrected chi connectivity index (χ0v) is 13.6. The van der Waals surface area contributed by atoms with Crippen LogP contribution in [-0.2, 0) is 14.3 Å². The number of ether oxygens (including phenoxy) is 1. The Morgan fingerprint density at radius 2 is 1.80 bits per heavy atom. The van der Waals surface area contributed by atoms with E-state index in [1.54, 1.807) is 17.9 Å². The summed E-state index contributed by atoms with van der Waals surface area (Å²) in [7, 11) is 5.37. The van der Waals surface area contributed by atoms with Gasteiger partial charge in [0.05, 0.1) is 13.0 Å². The minimum atomic E-state index is -0.311. The Balaban J connectivity index is 4.65. The molecule has 0 bridgehead atoms. The van der Waals surface area contributed by atoms with Gasteiger partial charge in [-0.25, -0.2) is 0 Å². The van der Waals surface area contributed by atoms with Crippen molar-refractivity contribution in [2.45, 2.75) is 27.2 Å². The Morgan fingerprint density at radius 1 is 1.20 bits per heavy atom. The molecule has 0 saturated carbocycles. The second-order valence-electron chi connectivity index (χ2n) is 5.59. The summed E-state index contributed by atoms with van der Waals surface area (Å²) in [6.45, 7) is 7.50. The Bertz CT molecular complexity index is 347. The summed E-state index contributed by atoms with van der Waals surface area (Å²) >= 11 is 0. The summed E-state index contributed by atoms with van der Waals surface area (Å²) in [6.07, 6.45) is 2.49. The lowest BCUT2D eigenvalue weighted by atomic mass is 10.1. The number of carbonyl (C=O) groups is 2. The van der Waals surface area contributed by atoms with E-state index in [0.717, 1.165) is 18.5 Å². The van der Waals surface area contributed by atoms with E-state index < -0.39 is 0 Å². The average molecular weight is 284 g/mol. The van der Waals surface area contributed by atoms with Gasteiger partial charge in [0.1, 0.15) is 0 Å². The van der Waals surface area contributed by atoms with E-state index in [0.29, 0.717) is 13.1 Å². The van der Waals surface area contributed by atoms with Crippen molar-refractivity contribution >= 4 is 11.9 Å². The van der Waals surface area contributed by atoms with Gasteiger partial charge in [-0.2, -0.15) is 0 Å². The highest BCUT2D eigenvalue weighted by Crippen LogP contribution is 2.06. The predicted molar refractivity (Wildman–Crippen MR) is 80.4 cm³/mol. The molecule has 0 rings (SSSR count). The highest BCUT2D eigenvalue weighted by Gasteiger charge is 2.20. The molecule has 116 valence electrons. The van der Waals surface area contributed by atoms with Crippen molar-refractivity contribution < 1.29 is 14.3 Å². The van der Waals surface area contributed by atoms with Crippen molar-refractivity contribution in [2.24, 2.45) is 5.92 Å². The van der Waals surface area contributed by atoms with Crippen molar-refractivity contribution in [2.75, 3.05) is 40.8 Å². The molecular weight excluding hydrogens is 256 g/mol. The molecule has 5 heteroatoms. The van der Waals surface area contributed by atoms with E-state index in [-0.39, 0.29) is 17.8 Å². The van der Waals surface area contributed by atoms with E-state index in [1.165, 1.54) is 7.11 Å². The van der Waals surface area contributed by atoms with E-state index in [2.05, 4.69) is 4.90 Å². The maximum Gasteiger partial charge on any atom is 0.310 e. The molecule has 0 aromatic carbocycles. The molecule has 0 aliphatic carbocycles. The van der Waals surface area contributed by atoms with Crippen LogP contribution in [0.3, 0.4) is 0 Å². The summed E-state index contributed by atoms with van der Waals surface area (Å²) in [5.41, 5.74) is 0.957. The summed E-state index contributed by atoms with van der Waals surface area (Å²) in [4.78, 5) is 27.4. The van der Waals surface area contributed by atoms with E-state index in [9.17, 15) is 9.59 Å². The van der Waals surface area contributed by atoms with Gasteiger partial charge in [0.15, 0.2) is 0 Å². The van der Waals surface area contributed by atoms with Crippen LogP contribution in [0, 0.1) is 5.92 Å². The molecule has 0 spiro atoms. The minimum Gasteiger partial charge on any atom is -0.469 e. The number of carbonyl (C=O) groups excluding carboxylic acids is 2. The number of esters is 1. The van der Waals surface area contributed by atoms with Gasteiger partial charge in [0, 0.05) is 19.2 Å². The largest absolute Gasteiger partial charge is 0.469 e. The Hall–Kier alpha value is -1.36. The summed E-state index contributed by atoms with van der Waals surface area (Å²) < 4.78 is 4.72. The number of allylic oxidation sites excluding steroid dienone is 1. The summed E-state index contributed by atoms with van der Waals surface area (Å²) in [5, 5.41) is 0. The number of hydrogen-bond acceptors (Lipinski definition) is 4. The molecule has 0 saturated heterocycles. The van der Waals surface area contributed by atoms with Gasteiger partial charge in [-0.3, -0.25) is 9.59 Å². The molecule has 0 aliphatic heterocycles. The number of methoxy groups -OCH3 is 1. The molecule has 5 nitrogen and oxygen atoms in total. The van der Waals surface area contributed by atoms with Gasteiger partial charge in [0.2, 0.25) is 5.91 Å².